The number of pyridine rings is 1. The van der Waals surface area contributed by atoms with Gasteiger partial charge in [0.05, 0.1) is 11.3 Å². The van der Waals surface area contributed by atoms with Crippen LogP contribution in [0.4, 0.5) is 0 Å². The molecule has 0 aliphatic carbocycles. The Morgan fingerprint density at radius 1 is 1.08 bits per heavy atom. The summed E-state index contributed by atoms with van der Waals surface area (Å²) < 4.78 is 0. The summed E-state index contributed by atoms with van der Waals surface area (Å²) in [5, 5.41) is 0. The maximum Gasteiger partial charge on any atom is 0.256 e. The van der Waals surface area contributed by atoms with E-state index >= 15 is 0 Å². The SMILES string of the molecule is Cc1nccc(-c2ccccc2)c1C(=O)N1CCC(c2ncc[nH]2)CC1. The second-order valence-electron chi connectivity index (χ2n) is 6.73. The second kappa shape index (κ2) is 7.12. The average molecular weight is 346 g/mol. The van der Waals surface area contributed by atoms with Crippen LogP contribution in [0.25, 0.3) is 11.1 Å². The molecule has 26 heavy (non-hydrogen) atoms. The molecule has 0 saturated carbocycles. The predicted molar refractivity (Wildman–Crippen MR) is 101 cm³/mol. The normalized spacial score (nSPS) is 15.2. The van der Waals surface area contributed by atoms with E-state index in [-0.39, 0.29) is 5.91 Å². The Morgan fingerprint density at radius 2 is 1.85 bits per heavy atom. The molecule has 0 atom stereocenters. The van der Waals surface area contributed by atoms with Crippen molar-refractivity contribution in [3.8, 4) is 11.1 Å². The summed E-state index contributed by atoms with van der Waals surface area (Å²) in [6.45, 7) is 3.40. The number of aromatic amines is 1. The molecular formula is C21H22N4O. The van der Waals surface area contributed by atoms with E-state index in [1.165, 1.54) is 0 Å². The third kappa shape index (κ3) is 3.12. The molecule has 1 amide bonds. The number of hydrogen-bond donors (Lipinski definition) is 1. The number of piperidine rings is 1. The molecule has 1 fully saturated rings. The van der Waals surface area contributed by atoms with Crippen LogP contribution in [-0.4, -0.2) is 38.8 Å². The van der Waals surface area contributed by atoms with Crippen molar-refractivity contribution in [1.29, 1.82) is 0 Å². The summed E-state index contributed by atoms with van der Waals surface area (Å²) in [7, 11) is 0. The van der Waals surface area contributed by atoms with Crippen LogP contribution in [0, 0.1) is 6.92 Å². The zero-order valence-corrected chi connectivity index (χ0v) is 14.9. The lowest BCUT2D eigenvalue weighted by atomic mass is 9.94. The third-order valence-corrected chi connectivity index (χ3v) is 5.13. The van der Waals surface area contributed by atoms with E-state index in [2.05, 4.69) is 15.0 Å². The van der Waals surface area contributed by atoms with E-state index < -0.39 is 0 Å². The zero-order valence-electron chi connectivity index (χ0n) is 14.9. The standard InChI is InChI=1S/C21H22N4O/c1-15-19(18(7-10-22-15)16-5-3-2-4-6-16)21(26)25-13-8-17(9-14-25)20-23-11-12-24-20/h2-7,10-12,17H,8-9,13-14H2,1H3,(H,23,24). The average Bonchev–Trinajstić information content (AvgIpc) is 3.23. The fraction of sp³-hybridized carbons (Fsp3) is 0.286. The Labute approximate surface area is 153 Å². The minimum absolute atomic E-state index is 0.0762. The highest BCUT2D eigenvalue weighted by atomic mass is 16.2. The van der Waals surface area contributed by atoms with Gasteiger partial charge in [0.1, 0.15) is 5.82 Å². The molecule has 0 spiro atoms. The molecule has 1 aromatic carbocycles. The number of rotatable bonds is 3. The van der Waals surface area contributed by atoms with Crippen LogP contribution in [0.15, 0.2) is 55.0 Å². The van der Waals surface area contributed by atoms with Gasteiger partial charge in [0.2, 0.25) is 0 Å². The highest BCUT2D eigenvalue weighted by Crippen LogP contribution is 2.30. The van der Waals surface area contributed by atoms with Gasteiger partial charge in [-0.25, -0.2) is 4.98 Å². The number of amides is 1. The number of nitrogens with zero attached hydrogens (tertiary/aromatic N) is 3. The van der Waals surface area contributed by atoms with Crippen LogP contribution in [-0.2, 0) is 0 Å². The van der Waals surface area contributed by atoms with Crippen molar-refractivity contribution in [3.05, 3.63) is 72.1 Å². The predicted octanol–water partition coefficient (Wildman–Crippen LogP) is 3.80. The van der Waals surface area contributed by atoms with Crippen molar-refractivity contribution >= 4 is 5.91 Å². The molecule has 5 nitrogen and oxygen atoms in total. The molecule has 3 aromatic rings. The largest absolute Gasteiger partial charge is 0.348 e. The lowest BCUT2D eigenvalue weighted by molar-refractivity contribution is 0.0711. The van der Waals surface area contributed by atoms with Crippen molar-refractivity contribution in [2.24, 2.45) is 0 Å². The molecule has 4 rings (SSSR count). The van der Waals surface area contributed by atoms with Crippen molar-refractivity contribution < 1.29 is 4.79 Å². The quantitative estimate of drug-likeness (QED) is 0.785. The number of carbonyl (C=O) groups excluding carboxylic acids is 1. The summed E-state index contributed by atoms with van der Waals surface area (Å²) in [6, 6.07) is 12.0. The Hall–Kier alpha value is -2.95. The fourth-order valence-electron chi connectivity index (χ4n) is 3.71. The van der Waals surface area contributed by atoms with Crippen LogP contribution in [0.3, 0.4) is 0 Å². The van der Waals surface area contributed by atoms with Crippen LogP contribution >= 0.6 is 0 Å². The summed E-state index contributed by atoms with van der Waals surface area (Å²) in [5.74, 6) is 1.50. The van der Waals surface area contributed by atoms with Gasteiger partial charge in [0, 0.05) is 37.6 Å². The number of hydrogen-bond acceptors (Lipinski definition) is 3. The van der Waals surface area contributed by atoms with Gasteiger partial charge in [0.15, 0.2) is 0 Å². The van der Waals surface area contributed by atoms with Crippen molar-refractivity contribution in [1.82, 2.24) is 19.9 Å². The van der Waals surface area contributed by atoms with Gasteiger partial charge in [-0.05, 0) is 37.0 Å². The summed E-state index contributed by atoms with van der Waals surface area (Å²) >= 11 is 0. The van der Waals surface area contributed by atoms with Crippen LogP contribution in [0.5, 0.6) is 0 Å². The van der Waals surface area contributed by atoms with E-state index in [4.69, 9.17) is 0 Å². The number of H-pyrrole nitrogens is 1. The third-order valence-electron chi connectivity index (χ3n) is 5.13. The molecule has 5 heteroatoms. The summed E-state index contributed by atoms with van der Waals surface area (Å²) in [5.41, 5.74) is 3.50. The smallest absolute Gasteiger partial charge is 0.256 e. The molecule has 1 N–H and O–H groups in total. The first-order valence-electron chi connectivity index (χ1n) is 9.03. The number of imidazole rings is 1. The maximum atomic E-state index is 13.3. The molecule has 1 saturated heterocycles. The second-order valence-corrected chi connectivity index (χ2v) is 6.73. The molecular weight excluding hydrogens is 324 g/mol. The van der Waals surface area contributed by atoms with Gasteiger partial charge in [-0.3, -0.25) is 9.78 Å². The van der Waals surface area contributed by atoms with E-state index in [0.29, 0.717) is 5.92 Å². The van der Waals surface area contributed by atoms with Crippen LogP contribution in [0.2, 0.25) is 0 Å². The first-order valence-corrected chi connectivity index (χ1v) is 9.03. The minimum atomic E-state index is 0.0762. The molecule has 3 heterocycles. The number of carbonyl (C=O) groups is 1. The van der Waals surface area contributed by atoms with Crippen LogP contribution in [0.1, 0.15) is 40.6 Å². The van der Waals surface area contributed by atoms with Crippen molar-refractivity contribution in [2.45, 2.75) is 25.7 Å². The monoisotopic (exact) mass is 346 g/mol. The fourth-order valence-corrected chi connectivity index (χ4v) is 3.71. The number of likely N-dealkylation sites (tertiary alicyclic amines) is 1. The van der Waals surface area contributed by atoms with Gasteiger partial charge in [-0.1, -0.05) is 30.3 Å². The first kappa shape index (κ1) is 16.5. The Kier molecular flexibility index (Phi) is 4.52. The number of benzene rings is 1. The van der Waals surface area contributed by atoms with Gasteiger partial charge >= 0.3 is 0 Å². The first-order chi connectivity index (χ1) is 12.7. The van der Waals surface area contributed by atoms with Gasteiger partial charge in [0.25, 0.3) is 5.91 Å². The molecule has 1 aliphatic heterocycles. The van der Waals surface area contributed by atoms with E-state index in [9.17, 15) is 4.79 Å². The number of aromatic nitrogens is 3. The molecule has 132 valence electrons. The van der Waals surface area contributed by atoms with E-state index in [1.807, 2.05) is 54.4 Å². The molecule has 0 unspecified atom stereocenters. The molecule has 0 bridgehead atoms. The maximum absolute atomic E-state index is 13.3. The summed E-state index contributed by atoms with van der Waals surface area (Å²) in [4.78, 5) is 27.2. The van der Waals surface area contributed by atoms with E-state index in [1.54, 1.807) is 12.4 Å². The minimum Gasteiger partial charge on any atom is -0.348 e. The Morgan fingerprint density at radius 3 is 2.54 bits per heavy atom. The van der Waals surface area contributed by atoms with Gasteiger partial charge in [-0.2, -0.15) is 0 Å². The van der Waals surface area contributed by atoms with Gasteiger partial charge in [-0.15, -0.1) is 0 Å². The topological polar surface area (TPSA) is 61.9 Å². The Bertz CT molecular complexity index is 882. The lowest BCUT2D eigenvalue weighted by Crippen LogP contribution is -2.38. The molecule has 0 radical (unpaired) electrons. The van der Waals surface area contributed by atoms with Crippen molar-refractivity contribution in [3.63, 3.8) is 0 Å². The number of aryl methyl sites for hydroxylation is 1. The van der Waals surface area contributed by atoms with Crippen molar-refractivity contribution in [2.75, 3.05) is 13.1 Å². The van der Waals surface area contributed by atoms with E-state index in [0.717, 1.165) is 54.1 Å². The van der Waals surface area contributed by atoms with Crippen LogP contribution < -0.4 is 0 Å². The summed E-state index contributed by atoms with van der Waals surface area (Å²) in [6.07, 6.45) is 7.28. The van der Waals surface area contributed by atoms with Gasteiger partial charge < -0.3 is 9.88 Å². The molecule has 2 aromatic heterocycles. The molecule has 1 aliphatic rings. The Balaban J connectivity index is 1.58. The number of nitrogens with one attached hydrogen (secondary N) is 1. The highest BCUT2D eigenvalue weighted by molar-refractivity contribution is 6.01. The zero-order chi connectivity index (χ0) is 17.9. The lowest BCUT2D eigenvalue weighted by Gasteiger charge is -2.32. The highest BCUT2D eigenvalue weighted by Gasteiger charge is 2.28.